The number of carbonyl (C=O) groups excluding carboxylic acids is 2. The maximum atomic E-state index is 14.3. The summed E-state index contributed by atoms with van der Waals surface area (Å²) in [5.74, 6) is -1.10. The largest absolute Gasteiger partial charge is 0.357 e. The van der Waals surface area contributed by atoms with Gasteiger partial charge < -0.3 is 10.2 Å². The molecule has 0 heterocycles. The van der Waals surface area contributed by atoms with Crippen LogP contribution >= 0.6 is 34.8 Å². The van der Waals surface area contributed by atoms with Crippen molar-refractivity contribution in [3.63, 3.8) is 0 Å². The van der Waals surface area contributed by atoms with Gasteiger partial charge in [0.15, 0.2) is 0 Å². The standard InChI is InChI=1S/C31H28Cl3N3O4S/c1-35-31(39)29(19-22-11-4-2-5-12-22)36(20-24-25(32)16-10-17-26(24)33)30(38)21-37(28-18-9-8-15-27(28)34)42(40,41)23-13-6-3-7-14-23/h2-18,29H,19-21H2,1H3,(H,35,39)/t29-/m0/s1. The van der Waals surface area contributed by atoms with E-state index in [1.165, 1.54) is 30.1 Å². The summed E-state index contributed by atoms with van der Waals surface area (Å²) in [4.78, 5) is 28.9. The Balaban J connectivity index is 1.82. The fourth-order valence-corrected chi connectivity index (χ4v) is 6.72. The molecule has 2 amide bonds. The molecule has 0 fully saturated rings. The van der Waals surface area contributed by atoms with Crippen molar-refractivity contribution in [3.8, 4) is 0 Å². The minimum Gasteiger partial charge on any atom is -0.357 e. The second-order valence-electron chi connectivity index (χ2n) is 9.32. The normalized spacial score (nSPS) is 11.9. The molecular formula is C31H28Cl3N3O4S. The van der Waals surface area contributed by atoms with Crippen LogP contribution in [0.3, 0.4) is 0 Å². The molecule has 0 saturated carbocycles. The van der Waals surface area contributed by atoms with Crippen LogP contribution < -0.4 is 9.62 Å². The van der Waals surface area contributed by atoms with Crippen molar-refractivity contribution in [1.82, 2.24) is 10.2 Å². The molecule has 0 aromatic heterocycles. The summed E-state index contributed by atoms with van der Waals surface area (Å²) in [7, 11) is -2.78. The molecule has 4 aromatic rings. The zero-order valence-corrected chi connectivity index (χ0v) is 25.7. The lowest BCUT2D eigenvalue weighted by Crippen LogP contribution is -2.53. The predicted octanol–water partition coefficient (Wildman–Crippen LogP) is 6.23. The van der Waals surface area contributed by atoms with Crippen LogP contribution in [0.25, 0.3) is 0 Å². The molecule has 0 aliphatic heterocycles. The number of anilines is 1. The Morgan fingerprint density at radius 2 is 1.31 bits per heavy atom. The van der Waals surface area contributed by atoms with Crippen LogP contribution in [-0.2, 0) is 32.6 Å². The average Bonchev–Trinajstić information content (AvgIpc) is 2.99. The van der Waals surface area contributed by atoms with Gasteiger partial charge in [-0.25, -0.2) is 8.42 Å². The second-order valence-corrected chi connectivity index (χ2v) is 12.4. The molecule has 0 saturated heterocycles. The average molecular weight is 645 g/mol. The Hall–Kier alpha value is -3.56. The Morgan fingerprint density at radius 1 is 0.762 bits per heavy atom. The molecule has 0 spiro atoms. The van der Waals surface area contributed by atoms with Gasteiger partial charge in [-0.15, -0.1) is 0 Å². The molecule has 0 aliphatic carbocycles. The SMILES string of the molecule is CNC(=O)[C@H](Cc1ccccc1)N(Cc1c(Cl)cccc1Cl)C(=O)CN(c1ccccc1Cl)S(=O)(=O)c1ccccc1. The minimum absolute atomic E-state index is 0.0226. The first-order chi connectivity index (χ1) is 20.1. The number of hydrogen-bond acceptors (Lipinski definition) is 4. The first-order valence-corrected chi connectivity index (χ1v) is 15.5. The van der Waals surface area contributed by atoms with E-state index in [1.54, 1.807) is 54.6 Å². The summed E-state index contributed by atoms with van der Waals surface area (Å²) >= 11 is 19.4. The van der Waals surface area contributed by atoms with Crippen molar-refractivity contribution in [2.75, 3.05) is 17.9 Å². The van der Waals surface area contributed by atoms with Gasteiger partial charge in [0.25, 0.3) is 10.0 Å². The maximum Gasteiger partial charge on any atom is 0.264 e. The van der Waals surface area contributed by atoms with Gasteiger partial charge in [-0.3, -0.25) is 13.9 Å². The summed E-state index contributed by atoms with van der Waals surface area (Å²) in [6.45, 7) is -0.796. The lowest BCUT2D eigenvalue weighted by Gasteiger charge is -2.34. The number of likely N-dealkylation sites (N-methyl/N-ethyl adjacent to an activating group) is 1. The second kappa shape index (κ2) is 14.1. The van der Waals surface area contributed by atoms with Crippen molar-refractivity contribution in [1.29, 1.82) is 0 Å². The highest BCUT2D eigenvalue weighted by Gasteiger charge is 2.35. The molecule has 7 nitrogen and oxygen atoms in total. The Bertz CT molecular complexity index is 1630. The lowest BCUT2D eigenvalue weighted by molar-refractivity contribution is -0.139. The predicted molar refractivity (Wildman–Crippen MR) is 167 cm³/mol. The van der Waals surface area contributed by atoms with Gasteiger partial charge in [0.1, 0.15) is 12.6 Å². The molecule has 42 heavy (non-hydrogen) atoms. The topological polar surface area (TPSA) is 86.8 Å². The molecular weight excluding hydrogens is 617 g/mol. The number of nitrogens with one attached hydrogen (secondary N) is 1. The van der Waals surface area contributed by atoms with Crippen molar-refractivity contribution in [3.05, 3.63) is 129 Å². The monoisotopic (exact) mass is 643 g/mol. The molecule has 1 N–H and O–H groups in total. The van der Waals surface area contributed by atoms with Gasteiger partial charge in [-0.05, 0) is 42.0 Å². The van der Waals surface area contributed by atoms with E-state index in [2.05, 4.69) is 5.32 Å². The molecule has 0 bridgehead atoms. The van der Waals surface area contributed by atoms with Crippen LogP contribution in [0.2, 0.25) is 15.1 Å². The molecule has 4 aromatic carbocycles. The van der Waals surface area contributed by atoms with E-state index in [4.69, 9.17) is 34.8 Å². The van der Waals surface area contributed by atoms with Crippen LogP contribution in [0.15, 0.2) is 108 Å². The van der Waals surface area contributed by atoms with Gasteiger partial charge in [-0.1, -0.05) is 102 Å². The molecule has 4 rings (SSSR count). The molecule has 1 atom stereocenters. The highest BCUT2D eigenvalue weighted by molar-refractivity contribution is 7.92. The Labute approximate surface area is 260 Å². The summed E-state index contributed by atoms with van der Waals surface area (Å²) < 4.78 is 28.8. The third kappa shape index (κ3) is 7.25. The van der Waals surface area contributed by atoms with Gasteiger partial charge in [0, 0.05) is 35.6 Å². The van der Waals surface area contributed by atoms with Crippen molar-refractivity contribution < 1.29 is 18.0 Å². The lowest BCUT2D eigenvalue weighted by atomic mass is 10.0. The molecule has 0 aliphatic rings. The van der Waals surface area contributed by atoms with E-state index in [0.717, 1.165) is 9.87 Å². The van der Waals surface area contributed by atoms with Crippen molar-refractivity contribution in [2.45, 2.75) is 23.9 Å². The smallest absolute Gasteiger partial charge is 0.264 e. The van der Waals surface area contributed by atoms with E-state index in [-0.39, 0.29) is 28.6 Å². The molecule has 11 heteroatoms. The number of hydrogen-bond donors (Lipinski definition) is 1. The van der Waals surface area contributed by atoms with Crippen molar-refractivity contribution in [2.24, 2.45) is 0 Å². The number of nitrogens with zero attached hydrogens (tertiary/aromatic N) is 2. The first-order valence-electron chi connectivity index (χ1n) is 12.9. The third-order valence-electron chi connectivity index (χ3n) is 6.64. The Kier molecular flexibility index (Phi) is 10.5. The number of halogens is 3. The van der Waals surface area contributed by atoms with E-state index in [9.17, 15) is 18.0 Å². The van der Waals surface area contributed by atoms with Crippen molar-refractivity contribution >= 4 is 62.3 Å². The van der Waals surface area contributed by atoms with E-state index in [1.807, 2.05) is 30.3 Å². The summed E-state index contributed by atoms with van der Waals surface area (Å²) in [6.07, 6.45) is 0.159. The number of amides is 2. The summed E-state index contributed by atoms with van der Waals surface area (Å²) in [5.41, 5.74) is 1.34. The fraction of sp³-hybridized carbons (Fsp3) is 0.161. The number of carbonyl (C=O) groups is 2. The number of rotatable bonds is 11. The number of sulfonamides is 1. The van der Waals surface area contributed by atoms with Crippen LogP contribution in [0.1, 0.15) is 11.1 Å². The Morgan fingerprint density at radius 3 is 1.90 bits per heavy atom. The van der Waals surface area contributed by atoms with Crippen LogP contribution in [0, 0.1) is 0 Å². The highest BCUT2D eigenvalue weighted by atomic mass is 35.5. The maximum absolute atomic E-state index is 14.3. The van der Waals surface area contributed by atoms with Crippen LogP contribution in [-0.4, -0.2) is 44.8 Å². The highest BCUT2D eigenvalue weighted by Crippen LogP contribution is 2.32. The number of benzene rings is 4. The van der Waals surface area contributed by atoms with Gasteiger partial charge in [0.05, 0.1) is 15.6 Å². The quantitative estimate of drug-likeness (QED) is 0.210. The number of para-hydroxylation sites is 1. The zero-order valence-electron chi connectivity index (χ0n) is 22.6. The molecule has 0 unspecified atom stereocenters. The molecule has 0 radical (unpaired) electrons. The third-order valence-corrected chi connectivity index (χ3v) is 9.44. The van der Waals surface area contributed by atoms with E-state index in [0.29, 0.717) is 15.6 Å². The van der Waals surface area contributed by atoms with E-state index < -0.39 is 34.4 Å². The minimum atomic E-state index is -4.26. The summed E-state index contributed by atoms with van der Waals surface area (Å²) in [6, 6.07) is 27.2. The summed E-state index contributed by atoms with van der Waals surface area (Å²) in [5, 5.41) is 3.37. The van der Waals surface area contributed by atoms with Crippen LogP contribution in [0.5, 0.6) is 0 Å². The zero-order chi connectivity index (χ0) is 30.3. The fourth-order valence-electron chi connectivity index (χ4n) is 4.46. The first kappa shape index (κ1) is 31.4. The van der Waals surface area contributed by atoms with Gasteiger partial charge in [0.2, 0.25) is 11.8 Å². The van der Waals surface area contributed by atoms with Gasteiger partial charge in [-0.2, -0.15) is 0 Å². The molecule has 218 valence electrons. The van der Waals surface area contributed by atoms with Crippen LogP contribution in [0.4, 0.5) is 5.69 Å². The van der Waals surface area contributed by atoms with Gasteiger partial charge >= 0.3 is 0 Å². The van der Waals surface area contributed by atoms with E-state index >= 15 is 0 Å².